The lowest BCUT2D eigenvalue weighted by Crippen LogP contribution is -2.31. The Labute approximate surface area is 76.6 Å². The maximum Gasteiger partial charge on any atom is 0.321 e. The molecule has 0 radical (unpaired) electrons. The molecule has 0 heterocycles. The highest BCUT2D eigenvalue weighted by Gasteiger charge is 2.06. The zero-order valence-electron chi connectivity index (χ0n) is 5.97. The lowest BCUT2D eigenvalue weighted by molar-refractivity contribution is -0.137. The molecule has 0 aromatic rings. The predicted molar refractivity (Wildman–Crippen MR) is 50.4 cm³/mol. The number of hydrogen-bond acceptors (Lipinski definition) is 5. The fourth-order valence-corrected chi connectivity index (χ4v) is 0.234. The third-order valence-electron chi connectivity index (χ3n) is 0.614. The maximum absolute atomic E-state index is 9.76. The Hall–Kier alpha value is 0.0900. The van der Waals surface area contributed by atoms with E-state index in [1.807, 2.05) is 0 Å². The molecule has 4 N–H and O–H groups in total. The van der Waals surface area contributed by atoms with Crippen molar-refractivity contribution < 1.29 is 15.0 Å². The molecule has 0 aliphatic heterocycles. The van der Waals surface area contributed by atoms with Gasteiger partial charge >= 0.3 is 5.97 Å². The molecular formula is C5H13NO3S2. The fraction of sp³-hybridized carbons (Fsp3) is 0.800. The summed E-state index contributed by atoms with van der Waals surface area (Å²) in [6.07, 6.45) is 0. The molecule has 0 aliphatic carbocycles. The van der Waals surface area contributed by atoms with Crippen LogP contribution in [0.4, 0.5) is 0 Å². The molecule has 0 saturated carbocycles. The molecule has 11 heavy (non-hydrogen) atoms. The van der Waals surface area contributed by atoms with Gasteiger partial charge in [-0.3, -0.25) is 4.79 Å². The Bertz CT molecular complexity index is 99.7. The van der Waals surface area contributed by atoms with Crippen molar-refractivity contribution in [2.24, 2.45) is 5.73 Å². The third kappa shape index (κ3) is 13.1. The first-order valence-corrected chi connectivity index (χ1v) is 4.17. The Morgan fingerprint density at radius 2 is 1.91 bits per heavy atom. The summed E-state index contributed by atoms with van der Waals surface area (Å²) in [5.41, 5.74) is 4.94. The quantitative estimate of drug-likeness (QED) is 0.387. The SMILES string of the molecule is NC(CS)C(=O)O.OCCS. The van der Waals surface area contributed by atoms with Gasteiger partial charge in [0.2, 0.25) is 0 Å². The number of aliphatic hydroxyl groups is 1. The van der Waals surface area contributed by atoms with E-state index in [1.165, 1.54) is 0 Å². The van der Waals surface area contributed by atoms with Crippen molar-refractivity contribution in [2.75, 3.05) is 18.1 Å². The Kier molecular flexibility index (Phi) is 12.5. The van der Waals surface area contributed by atoms with Crippen molar-refractivity contribution in [1.82, 2.24) is 0 Å². The van der Waals surface area contributed by atoms with Crippen LogP contribution in [0.15, 0.2) is 0 Å². The maximum atomic E-state index is 9.76. The summed E-state index contributed by atoms with van der Waals surface area (Å²) in [5.74, 6) is -0.245. The van der Waals surface area contributed by atoms with Gasteiger partial charge in [0.15, 0.2) is 0 Å². The van der Waals surface area contributed by atoms with Crippen molar-refractivity contribution in [1.29, 1.82) is 0 Å². The lowest BCUT2D eigenvalue weighted by Gasteiger charge is -1.96. The number of aliphatic hydroxyl groups excluding tert-OH is 1. The first-order valence-electron chi connectivity index (χ1n) is 2.91. The number of nitrogens with two attached hydrogens (primary N) is 1. The Morgan fingerprint density at radius 3 is 1.91 bits per heavy atom. The summed E-state index contributed by atoms with van der Waals surface area (Å²) in [6.45, 7) is 0.184. The van der Waals surface area contributed by atoms with E-state index < -0.39 is 12.0 Å². The van der Waals surface area contributed by atoms with Crippen molar-refractivity contribution in [3.05, 3.63) is 0 Å². The standard InChI is InChI=1S/C3H7NO2S.C2H6OS/c4-2(1-7)3(5)6;3-1-2-4/h2,7H,1,4H2,(H,5,6);3-4H,1-2H2. The molecule has 0 aliphatic rings. The lowest BCUT2D eigenvalue weighted by atomic mass is 10.4. The predicted octanol–water partition coefficient (Wildman–Crippen LogP) is -0.763. The van der Waals surface area contributed by atoms with Gasteiger partial charge < -0.3 is 15.9 Å². The van der Waals surface area contributed by atoms with Crippen molar-refractivity contribution in [2.45, 2.75) is 6.04 Å². The number of carboxylic acids is 1. The molecule has 0 amide bonds. The molecule has 0 spiro atoms. The summed E-state index contributed by atoms with van der Waals surface area (Å²) < 4.78 is 0. The van der Waals surface area contributed by atoms with Gasteiger partial charge in [-0.15, -0.1) is 0 Å². The van der Waals surface area contributed by atoms with Crippen LogP contribution in [0.2, 0.25) is 0 Å². The second-order valence-corrected chi connectivity index (χ2v) is 2.39. The zero-order chi connectivity index (χ0) is 9.28. The molecule has 4 nitrogen and oxygen atoms in total. The summed E-state index contributed by atoms with van der Waals surface area (Å²) in [5, 5.41) is 15.8. The Balaban J connectivity index is 0. The van der Waals surface area contributed by atoms with Crippen LogP contribution in [-0.4, -0.2) is 40.3 Å². The van der Waals surface area contributed by atoms with Crippen LogP contribution >= 0.6 is 25.3 Å². The van der Waals surface area contributed by atoms with E-state index in [0.29, 0.717) is 5.75 Å². The monoisotopic (exact) mass is 199 g/mol. The number of rotatable bonds is 3. The first-order chi connectivity index (χ1) is 5.09. The molecule has 6 heteroatoms. The van der Waals surface area contributed by atoms with Crippen LogP contribution in [0.1, 0.15) is 0 Å². The van der Waals surface area contributed by atoms with Crippen LogP contribution in [0.25, 0.3) is 0 Å². The molecule has 0 rings (SSSR count). The van der Waals surface area contributed by atoms with Gasteiger partial charge in [0.05, 0.1) is 6.61 Å². The molecule has 0 fully saturated rings. The Morgan fingerprint density at radius 1 is 1.55 bits per heavy atom. The average molecular weight is 199 g/mol. The number of hydrogen-bond donors (Lipinski definition) is 5. The molecule has 0 bridgehead atoms. The number of thiol groups is 2. The highest BCUT2D eigenvalue weighted by Crippen LogP contribution is 1.80. The minimum atomic E-state index is -1.00. The van der Waals surface area contributed by atoms with Crippen LogP contribution in [0.3, 0.4) is 0 Å². The molecule has 68 valence electrons. The topological polar surface area (TPSA) is 83.6 Å². The summed E-state index contributed by atoms with van der Waals surface area (Å²) in [6, 6.07) is -0.816. The molecule has 1 unspecified atom stereocenters. The second kappa shape index (κ2) is 10.1. The minimum absolute atomic E-state index is 0.184. The van der Waals surface area contributed by atoms with E-state index in [2.05, 4.69) is 25.3 Å². The van der Waals surface area contributed by atoms with Gasteiger partial charge in [-0.1, -0.05) is 0 Å². The van der Waals surface area contributed by atoms with Gasteiger partial charge in [-0.05, 0) is 0 Å². The first kappa shape index (κ1) is 13.7. The minimum Gasteiger partial charge on any atom is -0.480 e. The van der Waals surface area contributed by atoms with Crippen LogP contribution in [0, 0.1) is 0 Å². The van der Waals surface area contributed by atoms with Crippen LogP contribution in [-0.2, 0) is 4.79 Å². The van der Waals surface area contributed by atoms with E-state index in [0.717, 1.165) is 0 Å². The molecule has 0 aromatic carbocycles. The molecule has 0 aromatic heterocycles. The molecule has 0 saturated heterocycles. The third-order valence-corrected chi connectivity index (χ3v) is 1.21. The van der Waals surface area contributed by atoms with Crippen molar-refractivity contribution >= 4 is 31.2 Å². The normalized spacial score (nSPS) is 11.3. The van der Waals surface area contributed by atoms with Crippen molar-refractivity contribution in [3.8, 4) is 0 Å². The van der Waals surface area contributed by atoms with Crippen molar-refractivity contribution in [3.63, 3.8) is 0 Å². The second-order valence-electron chi connectivity index (χ2n) is 1.57. The summed E-state index contributed by atoms with van der Waals surface area (Å²) in [4.78, 5) is 9.76. The zero-order valence-corrected chi connectivity index (χ0v) is 7.76. The number of carbonyl (C=O) groups is 1. The van der Waals surface area contributed by atoms with E-state index in [4.69, 9.17) is 15.9 Å². The van der Waals surface area contributed by atoms with Crippen LogP contribution < -0.4 is 5.73 Å². The van der Waals surface area contributed by atoms with E-state index in [-0.39, 0.29) is 12.4 Å². The highest BCUT2D eigenvalue weighted by atomic mass is 32.1. The molecule has 1 atom stereocenters. The fourth-order valence-electron chi connectivity index (χ4n) is 0.0781. The van der Waals surface area contributed by atoms with Gasteiger partial charge in [0.1, 0.15) is 6.04 Å². The van der Waals surface area contributed by atoms with Gasteiger partial charge in [-0.2, -0.15) is 25.3 Å². The van der Waals surface area contributed by atoms with Gasteiger partial charge in [0.25, 0.3) is 0 Å². The van der Waals surface area contributed by atoms with Crippen LogP contribution in [0.5, 0.6) is 0 Å². The van der Waals surface area contributed by atoms with Gasteiger partial charge in [0, 0.05) is 11.5 Å². The summed E-state index contributed by atoms with van der Waals surface area (Å²) >= 11 is 7.32. The van der Waals surface area contributed by atoms with E-state index in [9.17, 15) is 4.79 Å². The number of carboxylic acid groups (broad SMARTS) is 1. The average Bonchev–Trinajstić information content (AvgIpc) is 2.03. The smallest absolute Gasteiger partial charge is 0.321 e. The highest BCUT2D eigenvalue weighted by molar-refractivity contribution is 7.80. The largest absolute Gasteiger partial charge is 0.480 e. The van der Waals surface area contributed by atoms with E-state index >= 15 is 0 Å². The number of aliphatic carboxylic acids is 1. The molecular weight excluding hydrogens is 186 g/mol. The van der Waals surface area contributed by atoms with Gasteiger partial charge in [-0.25, -0.2) is 0 Å². The van der Waals surface area contributed by atoms with E-state index in [1.54, 1.807) is 0 Å². The summed E-state index contributed by atoms with van der Waals surface area (Å²) in [7, 11) is 0.